The van der Waals surface area contributed by atoms with E-state index in [1.807, 2.05) is 56.4 Å². The van der Waals surface area contributed by atoms with Gasteiger partial charge in [0.25, 0.3) is 0 Å². The maximum Gasteiger partial charge on any atom is 0.120 e. The summed E-state index contributed by atoms with van der Waals surface area (Å²) in [5.74, 6) is 0.0851. The van der Waals surface area contributed by atoms with E-state index >= 15 is 0 Å². The van der Waals surface area contributed by atoms with Crippen molar-refractivity contribution in [2.45, 2.75) is 46.2 Å². The number of fused-ring (bicyclic) bond motifs is 4. The van der Waals surface area contributed by atoms with E-state index in [4.69, 9.17) is 14.9 Å². The third-order valence-corrected chi connectivity index (χ3v) is 12.9. The Morgan fingerprint density at radius 3 is 2.16 bits per heavy atom. The summed E-state index contributed by atoms with van der Waals surface area (Å²) < 4.78 is 39.5. The Kier molecular flexibility index (Phi) is 10.5. The molecule has 0 spiro atoms. The van der Waals surface area contributed by atoms with Crippen LogP contribution in [0.1, 0.15) is 36.4 Å². The van der Waals surface area contributed by atoms with Crippen LogP contribution in [0.2, 0.25) is 19.6 Å². The molecule has 10 aromatic rings. The molecule has 0 atom stereocenters. The van der Waals surface area contributed by atoms with Crippen molar-refractivity contribution in [3.63, 3.8) is 0 Å². The van der Waals surface area contributed by atoms with Crippen LogP contribution in [0, 0.1) is 19.0 Å². The first-order valence-electron chi connectivity index (χ1n) is 22.2. The molecule has 0 fully saturated rings. The molecule has 0 aliphatic heterocycles. The molecule has 0 aliphatic carbocycles. The first kappa shape index (κ1) is 36.7. The molecule has 0 aliphatic rings. The topological polar surface area (TPSA) is 43.9 Å². The maximum absolute atomic E-state index is 8.48. The monoisotopic (exact) mass is 990 g/mol. The maximum atomic E-state index is 8.48. The van der Waals surface area contributed by atoms with Gasteiger partial charge in [-0.25, -0.2) is 0 Å². The molecule has 0 amide bonds. The van der Waals surface area contributed by atoms with Crippen LogP contribution in [0.3, 0.4) is 0 Å². The number of rotatable bonds is 7. The minimum absolute atomic E-state index is 0. The van der Waals surface area contributed by atoms with Gasteiger partial charge in [-0.1, -0.05) is 160 Å². The van der Waals surface area contributed by atoms with Crippen molar-refractivity contribution in [1.29, 1.82) is 0 Å². The largest absolute Gasteiger partial charge is 0.501 e. The molecular formula is C55H47IrN3OSi-2. The third kappa shape index (κ3) is 8.32. The molecule has 1 radical (unpaired) electrons. The summed E-state index contributed by atoms with van der Waals surface area (Å²) in [5.41, 5.74) is 12.9. The molecule has 0 saturated carbocycles. The Morgan fingerprint density at radius 1 is 0.721 bits per heavy atom. The SMILES string of the molecule is [2H]C([2H])([2H])c1c[c-]c(-c2cc(C([2H])(C)C)c([Si](C)(C)C)cn2)cc1.[Ir].[c-]1ccc2c(oc3ccccc32)c1-c1nc2ccccc2n1-c1ccc(-c2ccccc2)cc1-c1ccccc1. The van der Waals surface area contributed by atoms with Crippen molar-refractivity contribution in [3.8, 4) is 50.6 Å². The van der Waals surface area contributed by atoms with Gasteiger partial charge in [0.15, 0.2) is 0 Å². The van der Waals surface area contributed by atoms with Crippen molar-refractivity contribution in [2.24, 2.45) is 0 Å². The summed E-state index contributed by atoms with van der Waals surface area (Å²) in [7, 11) is -1.61. The van der Waals surface area contributed by atoms with Crippen LogP contribution in [0.5, 0.6) is 0 Å². The fourth-order valence-electron chi connectivity index (χ4n) is 7.88. The molecule has 3 aromatic heterocycles. The third-order valence-electron chi connectivity index (χ3n) is 10.9. The zero-order valence-corrected chi connectivity index (χ0v) is 38.1. The van der Waals surface area contributed by atoms with Gasteiger partial charge in [0.1, 0.15) is 5.58 Å². The van der Waals surface area contributed by atoms with Crippen LogP contribution < -0.4 is 5.19 Å². The first-order chi connectivity index (χ1) is 30.6. The molecule has 10 rings (SSSR count). The van der Waals surface area contributed by atoms with Crippen molar-refractivity contribution in [1.82, 2.24) is 14.5 Å². The molecule has 303 valence electrons. The summed E-state index contributed by atoms with van der Waals surface area (Å²) in [4.78, 5) is 9.73. The van der Waals surface area contributed by atoms with Gasteiger partial charge in [-0.3, -0.25) is 4.98 Å². The Morgan fingerprint density at radius 2 is 1.44 bits per heavy atom. The molecule has 6 heteroatoms. The van der Waals surface area contributed by atoms with Gasteiger partial charge < -0.3 is 14.0 Å². The van der Waals surface area contributed by atoms with Crippen molar-refractivity contribution >= 4 is 46.2 Å². The second-order valence-electron chi connectivity index (χ2n) is 16.3. The van der Waals surface area contributed by atoms with E-state index in [0.717, 1.165) is 78.0 Å². The minimum Gasteiger partial charge on any atom is -0.501 e. The average Bonchev–Trinajstić information content (AvgIpc) is 3.88. The van der Waals surface area contributed by atoms with Crippen LogP contribution in [-0.2, 0) is 20.1 Å². The average molecular weight is 990 g/mol. The van der Waals surface area contributed by atoms with Gasteiger partial charge in [0.2, 0.25) is 0 Å². The van der Waals surface area contributed by atoms with E-state index in [0.29, 0.717) is 0 Å². The summed E-state index contributed by atoms with van der Waals surface area (Å²) in [6.07, 6.45) is 1.89. The van der Waals surface area contributed by atoms with Crippen LogP contribution in [0.25, 0.3) is 83.6 Å². The number of para-hydroxylation sites is 3. The molecule has 3 heterocycles. The smallest absolute Gasteiger partial charge is 0.120 e. The Labute approximate surface area is 379 Å². The molecule has 61 heavy (non-hydrogen) atoms. The van der Waals surface area contributed by atoms with E-state index in [-0.39, 0.29) is 25.7 Å². The van der Waals surface area contributed by atoms with Crippen molar-refractivity contribution in [3.05, 3.63) is 193 Å². The van der Waals surface area contributed by atoms with E-state index in [1.54, 1.807) is 12.1 Å². The fraction of sp³-hybridized carbons (Fsp3) is 0.127. The molecule has 4 nitrogen and oxygen atoms in total. The van der Waals surface area contributed by atoms with E-state index in [2.05, 4.69) is 151 Å². The van der Waals surface area contributed by atoms with Crippen LogP contribution in [0.4, 0.5) is 0 Å². The number of aryl methyl sites for hydroxylation is 1. The van der Waals surface area contributed by atoms with Crippen molar-refractivity contribution in [2.75, 3.05) is 0 Å². The Balaban J connectivity index is 0.000000199. The Bertz CT molecular complexity index is 3280. The van der Waals surface area contributed by atoms with Gasteiger partial charge in [-0.15, -0.1) is 53.6 Å². The summed E-state index contributed by atoms with van der Waals surface area (Å²) in [5, 5.41) is 3.34. The van der Waals surface area contributed by atoms with Gasteiger partial charge >= 0.3 is 0 Å². The number of pyridine rings is 1. The van der Waals surface area contributed by atoms with Gasteiger partial charge in [-0.05, 0) is 63.8 Å². The van der Waals surface area contributed by atoms with E-state index < -0.39 is 20.8 Å². The Hall–Kier alpha value is -6.17. The number of benzene rings is 7. The quantitative estimate of drug-likeness (QED) is 0.118. The van der Waals surface area contributed by atoms with E-state index in [9.17, 15) is 0 Å². The number of imidazole rings is 1. The molecule has 0 unspecified atom stereocenters. The van der Waals surface area contributed by atoms with Crippen LogP contribution in [0.15, 0.2) is 174 Å². The molecule has 0 bridgehead atoms. The minimum atomic E-state index is -2.13. The number of furan rings is 1. The second-order valence-corrected chi connectivity index (χ2v) is 21.3. The van der Waals surface area contributed by atoms with Gasteiger partial charge in [0.05, 0.1) is 30.5 Å². The molecular weight excluding hydrogens is 939 g/mol. The number of hydrogen-bond donors (Lipinski definition) is 0. The van der Waals surface area contributed by atoms with Crippen LogP contribution >= 0.6 is 0 Å². The number of hydrogen-bond acceptors (Lipinski definition) is 3. The predicted molar refractivity (Wildman–Crippen MR) is 254 cm³/mol. The number of nitrogens with zero attached hydrogens (tertiary/aromatic N) is 3. The van der Waals surface area contributed by atoms with Crippen LogP contribution in [-0.4, -0.2) is 22.6 Å². The summed E-state index contributed by atoms with van der Waals surface area (Å²) >= 11 is 0. The molecule has 0 saturated heterocycles. The molecule has 0 N–H and O–H groups in total. The predicted octanol–water partition coefficient (Wildman–Crippen LogP) is 14.2. The zero-order chi connectivity index (χ0) is 44.8. The molecule has 7 aromatic carbocycles. The summed E-state index contributed by atoms with van der Waals surface area (Å²) in [6.45, 7) is 8.38. The standard InChI is InChI=1S/C37H23N2O.C18H24NSi.Ir/c1-3-12-25(13-4-1)27-22-23-33(31(24-27)26-14-5-2-6-15-26)39-34-20-9-8-19-32(34)38-37(39)30-18-11-17-29-28-16-7-10-21-35(28)40-36(29)30;1-13(2)16-11-17(15-9-7-14(3)8-10-15)19-12-18(16)20(4,5)6;/h1-17,19-24H;7-9,11-13H,1-6H3;/q2*-1;/i;3D3,13D;. The zero-order valence-electron chi connectivity index (χ0n) is 38.7. The first-order valence-corrected chi connectivity index (χ1v) is 23.7. The van der Waals surface area contributed by atoms with E-state index in [1.165, 1.54) is 22.4 Å². The summed E-state index contributed by atoms with van der Waals surface area (Å²) in [6, 6.07) is 61.6. The van der Waals surface area contributed by atoms with Crippen molar-refractivity contribution < 1.29 is 30.0 Å². The normalized spacial score (nSPS) is 12.8. The fourth-order valence-corrected chi connectivity index (χ4v) is 9.46. The second kappa shape index (κ2) is 17.4. The van der Waals surface area contributed by atoms with Gasteiger partial charge in [0, 0.05) is 48.4 Å². The number of aromatic nitrogens is 3. The van der Waals surface area contributed by atoms with Gasteiger partial charge in [-0.2, -0.15) is 0 Å².